The molecule has 0 spiro atoms. The fourth-order valence-electron chi connectivity index (χ4n) is 2.79. The molecule has 150 valence electrons. The Morgan fingerprint density at radius 1 is 0.964 bits per heavy atom. The van der Waals surface area contributed by atoms with Crippen LogP contribution >= 0.6 is 12.2 Å². The van der Waals surface area contributed by atoms with Gasteiger partial charge in [-0.15, -0.1) is 0 Å². The highest BCUT2D eigenvalue weighted by Gasteiger charge is 2.15. The third kappa shape index (κ3) is 6.97. The maximum absolute atomic E-state index is 12.4. The van der Waals surface area contributed by atoms with Crippen molar-refractivity contribution < 1.29 is 9.53 Å². The molecule has 4 nitrogen and oxygen atoms in total. The first-order valence-electron chi connectivity index (χ1n) is 9.69. The summed E-state index contributed by atoms with van der Waals surface area (Å²) in [6.45, 7) is 12.4. The van der Waals surface area contributed by atoms with Gasteiger partial charge < -0.3 is 15.0 Å². The predicted octanol–water partition coefficient (Wildman–Crippen LogP) is 5.53. The zero-order valence-electron chi connectivity index (χ0n) is 17.4. The molecule has 5 heteroatoms. The minimum Gasteiger partial charge on any atom is -0.432 e. The van der Waals surface area contributed by atoms with E-state index in [-0.39, 0.29) is 5.91 Å². The van der Waals surface area contributed by atoms with Crippen molar-refractivity contribution in [2.75, 3.05) is 18.4 Å². The zero-order valence-corrected chi connectivity index (χ0v) is 18.2. The first kappa shape index (κ1) is 21.9. The molecule has 0 atom stereocenters. The van der Waals surface area contributed by atoms with Crippen LogP contribution in [-0.4, -0.2) is 29.1 Å². The summed E-state index contributed by atoms with van der Waals surface area (Å²) >= 11 is 5.50. The summed E-state index contributed by atoms with van der Waals surface area (Å²) < 4.78 is 5.87. The number of rotatable bonds is 7. The average molecular weight is 399 g/mol. The van der Waals surface area contributed by atoms with E-state index in [2.05, 4.69) is 37.9 Å². The van der Waals surface area contributed by atoms with E-state index in [1.54, 1.807) is 24.3 Å². The monoisotopic (exact) mass is 398 g/mol. The number of amides is 1. The van der Waals surface area contributed by atoms with Gasteiger partial charge in [0.25, 0.3) is 11.1 Å². The highest BCUT2D eigenvalue weighted by atomic mass is 32.1. The SMILES string of the molecule is Cc1ccc(NC(=O)c2ccc(OC(=S)N(CC(C)C)CC(C)C)cc2)cc1. The van der Waals surface area contributed by atoms with Crippen molar-refractivity contribution in [2.24, 2.45) is 11.8 Å². The number of hydrogen-bond acceptors (Lipinski definition) is 3. The van der Waals surface area contributed by atoms with Crippen LogP contribution in [0.2, 0.25) is 0 Å². The van der Waals surface area contributed by atoms with Crippen LogP contribution in [-0.2, 0) is 0 Å². The van der Waals surface area contributed by atoms with Crippen LogP contribution in [0.5, 0.6) is 5.75 Å². The quantitative estimate of drug-likeness (QED) is 0.623. The Morgan fingerprint density at radius 3 is 2.00 bits per heavy atom. The van der Waals surface area contributed by atoms with E-state index >= 15 is 0 Å². The summed E-state index contributed by atoms with van der Waals surface area (Å²) in [5, 5.41) is 3.36. The van der Waals surface area contributed by atoms with E-state index in [0.717, 1.165) is 24.3 Å². The molecule has 28 heavy (non-hydrogen) atoms. The molecule has 0 bridgehead atoms. The number of hydrogen-bond donors (Lipinski definition) is 1. The summed E-state index contributed by atoms with van der Waals surface area (Å²) in [6, 6.07) is 14.8. The normalized spacial score (nSPS) is 10.8. The molecule has 0 aliphatic rings. The number of nitrogens with one attached hydrogen (secondary N) is 1. The Labute approximate surface area is 173 Å². The summed E-state index contributed by atoms with van der Waals surface area (Å²) in [5.41, 5.74) is 2.50. The smallest absolute Gasteiger partial charge is 0.264 e. The number of carbonyl (C=O) groups is 1. The molecule has 1 amide bonds. The Bertz CT molecular complexity index is 773. The number of ether oxygens (including phenoxy) is 1. The molecule has 0 aliphatic carbocycles. The van der Waals surface area contributed by atoms with Gasteiger partial charge in [-0.1, -0.05) is 45.4 Å². The minimum atomic E-state index is -0.153. The maximum Gasteiger partial charge on any atom is 0.264 e. The van der Waals surface area contributed by atoms with Gasteiger partial charge in [-0.3, -0.25) is 4.79 Å². The summed E-state index contributed by atoms with van der Waals surface area (Å²) in [5.74, 6) is 1.47. The van der Waals surface area contributed by atoms with Crippen molar-refractivity contribution in [3.63, 3.8) is 0 Å². The largest absolute Gasteiger partial charge is 0.432 e. The van der Waals surface area contributed by atoms with Crippen molar-refractivity contribution in [3.8, 4) is 5.75 Å². The van der Waals surface area contributed by atoms with Crippen molar-refractivity contribution in [2.45, 2.75) is 34.6 Å². The first-order valence-corrected chi connectivity index (χ1v) is 10.1. The summed E-state index contributed by atoms with van der Waals surface area (Å²) in [7, 11) is 0. The Kier molecular flexibility index (Phi) is 8.00. The van der Waals surface area contributed by atoms with Gasteiger partial charge >= 0.3 is 0 Å². The molecule has 2 rings (SSSR count). The third-order valence-electron chi connectivity index (χ3n) is 4.06. The van der Waals surface area contributed by atoms with E-state index in [0.29, 0.717) is 28.3 Å². The van der Waals surface area contributed by atoms with Crippen LogP contribution < -0.4 is 10.1 Å². The molecule has 0 fully saturated rings. The molecule has 0 heterocycles. The second-order valence-electron chi connectivity index (χ2n) is 7.91. The Balaban J connectivity index is 1.99. The van der Waals surface area contributed by atoms with Crippen LogP contribution in [0.15, 0.2) is 48.5 Å². The van der Waals surface area contributed by atoms with E-state index in [9.17, 15) is 4.79 Å². The van der Waals surface area contributed by atoms with Gasteiger partial charge in [0.2, 0.25) is 0 Å². The van der Waals surface area contributed by atoms with Crippen molar-refractivity contribution >= 4 is 29.0 Å². The Hall–Kier alpha value is -2.40. The third-order valence-corrected chi connectivity index (χ3v) is 4.40. The maximum atomic E-state index is 12.4. The zero-order chi connectivity index (χ0) is 20.7. The molecule has 0 radical (unpaired) electrons. The lowest BCUT2D eigenvalue weighted by atomic mass is 10.1. The number of aryl methyl sites for hydroxylation is 1. The van der Waals surface area contributed by atoms with E-state index in [4.69, 9.17) is 17.0 Å². The first-order chi connectivity index (χ1) is 13.2. The van der Waals surface area contributed by atoms with Gasteiger partial charge in [-0.05, 0) is 67.4 Å². The molecule has 0 saturated heterocycles. The number of carbonyl (C=O) groups excluding carboxylic acids is 1. The second kappa shape index (κ2) is 10.2. The standard InChI is InChI=1S/C23H30N2O2S/c1-16(2)14-25(15-17(3)4)23(28)27-21-12-8-19(9-13-21)22(26)24-20-10-6-18(5)7-11-20/h6-13,16-17H,14-15H2,1-5H3,(H,24,26). The van der Waals surface area contributed by atoms with Crippen LogP contribution in [0.4, 0.5) is 5.69 Å². The Morgan fingerprint density at radius 2 is 1.50 bits per heavy atom. The molecule has 0 saturated carbocycles. The minimum absolute atomic E-state index is 0.153. The fraction of sp³-hybridized carbons (Fsp3) is 0.391. The lowest BCUT2D eigenvalue weighted by molar-refractivity contribution is 0.102. The summed E-state index contributed by atoms with van der Waals surface area (Å²) in [4.78, 5) is 14.5. The molecule has 1 N–H and O–H groups in total. The lowest BCUT2D eigenvalue weighted by Crippen LogP contribution is -2.38. The van der Waals surface area contributed by atoms with Gasteiger partial charge in [-0.2, -0.15) is 0 Å². The van der Waals surface area contributed by atoms with Crippen LogP contribution in [0, 0.1) is 18.8 Å². The number of nitrogens with zero attached hydrogens (tertiary/aromatic N) is 1. The molecular weight excluding hydrogens is 368 g/mol. The van der Waals surface area contributed by atoms with Gasteiger partial charge in [0, 0.05) is 24.3 Å². The topological polar surface area (TPSA) is 41.6 Å². The van der Waals surface area contributed by atoms with Crippen LogP contribution in [0.3, 0.4) is 0 Å². The highest BCUT2D eigenvalue weighted by molar-refractivity contribution is 7.80. The molecule has 2 aromatic carbocycles. The van der Waals surface area contributed by atoms with Gasteiger partial charge in [-0.25, -0.2) is 0 Å². The highest BCUT2D eigenvalue weighted by Crippen LogP contribution is 2.17. The van der Waals surface area contributed by atoms with Crippen LogP contribution in [0.25, 0.3) is 0 Å². The van der Waals surface area contributed by atoms with E-state index in [1.807, 2.05) is 31.2 Å². The van der Waals surface area contributed by atoms with Gasteiger partial charge in [0.1, 0.15) is 5.75 Å². The summed E-state index contributed by atoms with van der Waals surface area (Å²) in [6.07, 6.45) is 0. The van der Waals surface area contributed by atoms with Crippen molar-refractivity contribution in [3.05, 3.63) is 59.7 Å². The van der Waals surface area contributed by atoms with E-state index in [1.165, 1.54) is 0 Å². The second-order valence-corrected chi connectivity index (χ2v) is 8.25. The molecule has 0 aromatic heterocycles. The molecule has 0 aliphatic heterocycles. The predicted molar refractivity (Wildman–Crippen MR) is 120 cm³/mol. The van der Waals surface area contributed by atoms with Crippen LogP contribution in [0.1, 0.15) is 43.6 Å². The van der Waals surface area contributed by atoms with Crippen molar-refractivity contribution in [1.29, 1.82) is 0 Å². The molecule has 2 aromatic rings. The van der Waals surface area contributed by atoms with E-state index < -0.39 is 0 Å². The average Bonchev–Trinajstić information content (AvgIpc) is 2.63. The van der Waals surface area contributed by atoms with Gasteiger partial charge in [0.15, 0.2) is 0 Å². The van der Waals surface area contributed by atoms with Gasteiger partial charge in [0.05, 0.1) is 0 Å². The number of thiocarbonyl (C=S) groups is 1. The molecule has 0 unspecified atom stereocenters. The number of anilines is 1. The fourth-order valence-corrected chi connectivity index (χ4v) is 3.03. The van der Waals surface area contributed by atoms with Crippen molar-refractivity contribution in [1.82, 2.24) is 4.90 Å². The molecular formula is C23H30N2O2S. The number of benzene rings is 2. The lowest BCUT2D eigenvalue weighted by Gasteiger charge is -2.28.